The Morgan fingerprint density at radius 1 is 0.253 bits per heavy atom. The molecule has 0 aliphatic rings. The van der Waals surface area contributed by atoms with Gasteiger partial charge in [-0.1, -0.05) is 344 Å². The summed E-state index contributed by atoms with van der Waals surface area (Å²) in [5.74, 6) is -0.869. The highest BCUT2D eigenvalue weighted by Crippen LogP contribution is 2.18. The van der Waals surface area contributed by atoms with E-state index < -0.39 is 6.10 Å². The summed E-state index contributed by atoms with van der Waals surface area (Å²) < 4.78 is 17.0. The molecule has 482 valence electrons. The van der Waals surface area contributed by atoms with Gasteiger partial charge in [-0.05, 0) is 89.9 Å². The molecule has 0 aromatic rings. The van der Waals surface area contributed by atoms with E-state index in [9.17, 15) is 14.4 Å². The van der Waals surface area contributed by atoms with Crippen LogP contribution in [0.3, 0.4) is 0 Å². The molecular formula is C77H138O6. The van der Waals surface area contributed by atoms with Crippen molar-refractivity contribution in [3.05, 3.63) is 72.9 Å². The van der Waals surface area contributed by atoms with Crippen molar-refractivity contribution in [2.45, 2.75) is 386 Å². The zero-order chi connectivity index (χ0) is 59.9. The number of carbonyl (C=O) groups is 3. The fourth-order valence-corrected chi connectivity index (χ4v) is 10.8. The molecule has 0 rings (SSSR count). The fourth-order valence-electron chi connectivity index (χ4n) is 10.8. The first-order valence-electron chi connectivity index (χ1n) is 36.4. The Hall–Kier alpha value is -3.15. The third kappa shape index (κ3) is 69.5. The van der Waals surface area contributed by atoms with Gasteiger partial charge in [0.15, 0.2) is 6.10 Å². The number of allylic oxidation sites excluding steroid dienone is 12. The third-order valence-corrected chi connectivity index (χ3v) is 16.2. The van der Waals surface area contributed by atoms with Crippen LogP contribution < -0.4 is 0 Å². The molecule has 6 heteroatoms. The van der Waals surface area contributed by atoms with Crippen LogP contribution in [0.2, 0.25) is 0 Å². The summed E-state index contributed by atoms with van der Waals surface area (Å²) in [4.78, 5) is 38.5. The van der Waals surface area contributed by atoms with Crippen molar-refractivity contribution in [2.24, 2.45) is 0 Å². The summed E-state index contributed by atoms with van der Waals surface area (Å²) in [7, 11) is 0. The van der Waals surface area contributed by atoms with Crippen LogP contribution in [-0.2, 0) is 28.6 Å². The minimum Gasteiger partial charge on any atom is -0.462 e. The highest BCUT2D eigenvalue weighted by molar-refractivity contribution is 5.71. The molecule has 0 aromatic heterocycles. The lowest BCUT2D eigenvalue weighted by Gasteiger charge is -2.18. The summed E-state index contributed by atoms with van der Waals surface area (Å²) in [5, 5.41) is 0. The topological polar surface area (TPSA) is 78.9 Å². The Morgan fingerprint density at radius 3 is 0.747 bits per heavy atom. The largest absolute Gasteiger partial charge is 0.462 e. The van der Waals surface area contributed by atoms with Gasteiger partial charge in [-0.2, -0.15) is 0 Å². The van der Waals surface area contributed by atoms with E-state index in [1.165, 1.54) is 244 Å². The predicted molar refractivity (Wildman–Crippen MR) is 362 cm³/mol. The molecule has 0 aliphatic heterocycles. The smallest absolute Gasteiger partial charge is 0.306 e. The summed E-state index contributed by atoms with van der Waals surface area (Å²) in [6, 6.07) is 0. The van der Waals surface area contributed by atoms with Crippen LogP contribution in [0, 0.1) is 0 Å². The number of unbranched alkanes of at least 4 members (excludes halogenated alkanes) is 44. The standard InChI is InChI=1S/C77H138O6/c1-4-7-10-13-16-19-22-25-28-31-33-35-37-38-40-41-43-46-49-52-55-58-61-64-67-70-76(79)82-73-74(72-81-75(78)69-66-63-60-57-54-51-48-45-30-27-24-21-18-15-12-9-6-3)83-77(80)71-68-65-62-59-56-53-50-47-44-42-39-36-34-32-29-26-23-20-17-14-11-8-5-2/h8,11,17,20,26-27,29-30,34,36,42,44,74H,4-7,9-10,12-16,18-19,21-25,28,31-33,35,37-41,43,45-73H2,1-3H3/b11-8-,20-17-,29-26-,30-27-,36-34-,44-42-. The summed E-state index contributed by atoms with van der Waals surface area (Å²) in [6.45, 7) is 6.58. The van der Waals surface area contributed by atoms with Gasteiger partial charge in [0.1, 0.15) is 13.2 Å². The molecule has 0 N–H and O–H groups in total. The minimum atomic E-state index is -0.784. The lowest BCUT2D eigenvalue weighted by molar-refractivity contribution is -0.167. The number of hydrogen-bond acceptors (Lipinski definition) is 6. The Labute approximate surface area is 516 Å². The fraction of sp³-hybridized carbons (Fsp3) is 0.805. The highest BCUT2D eigenvalue weighted by atomic mass is 16.6. The number of carbonyl (C=O) groups excluding carboxylic acids is 3. The maximum atomic E-state index is 13.0. The molecule has 0 fully saturated rings. The quantitative estimate of drug-likeness (QED) is 0.0261. The Morgan fingerprint density at radius 2 is 0.470 bits per heavy atom. The van der Waals surface area contributed by atoms with Gasteiger partial charge in [-0.15, -0.1) is 0 Å². The molecule has 0 aromatic carbocycles. The van der Waals surface area contributed by atoms with Gasteiger partial charge in [-0.3, -0.25) is 14.4 Å². The Kier molecular flexibility index (Phi) is 68.6. The molecule has 1 atom stereocenters. The van der Waals surface area contributed by atoms with Crippen molar-refractivity contribution in [3.63, 3.8) is 0 Å². The number of rotatable bonds is 67. The molecular weight excluding hydrogens is 1020 g/mol. The molecule has 0 saturated heterocycles. The first-order chi connectivity index (χ1) is 41.0. The summed E-state index contributed by atoms with van der Waals surface area (Å²) in [6.07, 6.45) is 93.6. The van der Waals surface area contributed by atoms with Crippen LogP contribution in [0.1, 0.15) is 380 Å². The van der Waals surface area contributed by atoms with Crippen molar-refractivity contribution < 1.29 is 28.6 Å². The number of hydrogen-bond donors (Lipinski definition) is 0. The SMILES string of the molecule is CC/C=C\C/C=C\C/C=C\C/C=C\C/C=C\CCCCCCCCCC(=O)OC(COC(=O)CCCCCCCCC/C=C\CCCCCCCC)COC(=O)CCCCCCCCCCCCCCCCCCCCCCCCCCC. The number of ether oxygens (including phenoxy) is 3. The Balaban J connectivity index is 4.33. The van der Waals surface area contributed by atoms with Gasteiger partial charge in [-0.25, -0.2) is 0 Å². The van der Waals surface area contributed by atoms with Crippen LogP contribution in [0.4, 0.5) is 0 Å². The van der Waals surface area contributed by atoms with Crippen molar-refractivity contribution in [2.75, 3.05) is 13.2 Å². The van der Waals surface area contributed by atoms with Crippen LogP contribution in [0.15, 0.2) is 72.9 Å². The van der Waals surface area contributed by atoms with Gasteiger partial charge >= 0.3 is 17.9 Å². The molecule has 0 bridgehead atoms. The zero-order valence-electron chi connectivity index (χ0n) is 55.5. The molecule has 0 aliphatic carbocycles. The first kappa shape index (κ1) is 79.8. The minimum absolute atomic E-state index is 0.0775. The van der Waals surface area contributed by atoms with E-state index in [0.717, 1.165) is 96.3 Å². The van der Waals surface area contributed by atoms with Crippen molar-refractivity contribution in [1.82, 2.24) is 0 Å². The van der Waals surface area contributed by atoms with Crippen molar-refractivity contribution >= 4 is 17.9 Å². The zero-order valence-corrected chi connectivity index (χ0v) is 55.5. The predicted octanol–water partition coefficient (Wildman–Crippen LogP) is 25.2. The second-order valence-corrected chi connectivity index (χ2v) is 24.5. The van der Waals surface area contributed by atoms with E-state index in [0.29, 0.717) is 19.3 Å². The van der Waals surface area contributed by atoms with Crippen molar-refractivity contribution in [3.8, 4) is 0 Å². The van der Waals surface area contributed by atoms with E-state index in [2.05, 4.69) is 93.7 Å². The molecule has 0 spiro atoms. The van der Waals surface area contributed by atoms with Gasteiger partial charge in [0.25, 0.3) is 0 Å². The van der Waals surface area contributed by atoms with Crippen LogP contribution in [0.25, 0.3) is 0 Å². The molecule has 83 heavy (non-hydrogen) atoms. The Bertz CT molecular complexity index is 1520. The van der Waals surface area contributed by atoms with Crippen LogP contribution >= 0.6 is 0 Å². The summed E-state index contributed by atoms with van der Waals surface area (Å²) in [5.41, 5.74) is 0. The lowest BCUT2D eigenvalue weighted by atomic mass is 10.0. The molecule has 6 nitrogen and oxygen atoms in total. The summed E-state index contributed by atoms with van der Waals surface area (Å²) >= 11 is 0. The van der Waals surface area contributed by atoms with Gasteiger partial charge < -0.3 is 14.2 Å². The second kappa shape index (κ2) is 71.3. The van der Waals surface area contributed by atoms with E-state index in [4.69, 9.17) is 14.2 Å². The van der Waals surface area contributed by atoms with Gasteiger partial charge in [0, 0.05) is 19.3 Å². The lowest BCUT2D eigenvalue weighted by Crippen LogP contribution is -2.30. The molecule has 0 heterocycles. The van der Waals surface area contributed by atoms with Crippen molar-refractivity contribution in [1.29, 1.82) is 0 Å². The number of esters is 3. The van der Waals surface area contributed by atoms with Crippen LogP contribution in [0.5, 0.6) is 0 Å². The van der Waals surface area contributed by atoms with E-state index in [-0.39, 0.29) is 31.1 Å². The highest BCUT2D eigenvalue weighted by Gasteiger charge is 2.19. The molecule has 1 unspecified atom stereocenters. The van der Waals surface area contributed by atoms with Gasteiger partial charge in [0.05, 0.1) is 0 Å². The normalized spacial score (nSPS) is 12.5. The van der Waals surface area contributed by atoms with E-state index in [1.54, 1.807) is 0 Å². The maximum Gasteiger partial charge on any atom is 0.306 e. The van der Waals surface area contributed by atoms with Crippen LogP contribution in [-0.4, -0.2) is 37.2 Å². The third-order valence-electron chi connectivity index (χ3n) is 16.2. The second-order valence-electron chi connectivity index (χ2n) is 24.5. The molecule has 0 amide bonds. The molecule has 0 saturated carbocycles. The first-order valence-corrected chi connectivity index (χ1v) is 36.4. The monoisotopic (exact) mass is 1160 g/mol. The maximum absolute atomic E-state index is 13.0. The van der Waals surface area contributed by atoms with E-state index >= 15 is 0 Å². The average Bonchev–Trinajstić information content (AvgIpc) is 3.49. The van der Waals surface area contributed by atoms with E-state index in [1.807, 2.05) is 0 Å². The average molecular weight is 1160 g/mol. The molecule has 0 radical (unpaired) electrons. The van der Waals surface area contributed by atoms with Gasteiger partial charge in [0.2, 0.25) is 0 Å².